The first-order valence-corrected chi connectivity index (χ1v) is 7.48. The fourth-order valence-corrected chi connectivity index (χ4v) is 4.51. The van der Waals surface area contributed by atoms with Crippen LogP contribution in [0.3, 0.4) is 0 Å². The Balaban J connectivity index is 1.89. The second-order valence-corrected chi connectivity index (χ2v) is 6.60. The molecule has 0 bridgehead atoms. The molecular weight excluding hydrogens is 296 g/mol. The molecule has 10 heteroatoms. The number of cyclic esters (lactones) is 4. The standard InChI is InChI=1S/C10H12O9S/c1-10(7-3-16-9(12)18-7)5(4-20(13,14)19-10)6-2-15-8(11)17-6/h5-7H,2-4H2,1H3. The molecule has 0 aromatic rings. The van der Waals surface area contributed by atoms with Crippen molar-refractivity contribution in [2.75, 3.05) is 19.0 Å². The lowest BCUT2D eigenvalue weighted by Crippen LogP contribution is -2.51. The molecule has 9 nitrogen and oxygen atoms in total. The molecular formula is C10H12O9S. The van der Waals surface area contributed by atoms with Crippen LogP contribution in [0, 0.1) is 5.92 Å². The van der Waals surface area contributed by atoms with E-state index in [2.05, 4.69) is 9.47 Å². The highest BCUT2D eigenvalue weighted by molar-refractivity contribution is 7.87. The van der Waals surface area contributed by atoms with Gasteiger partial charge in [0.05, 0.1) is 5.75 Å². The van der Waals surface area contributed by atoms with Gasteiger partial charge in [-0.05, 0) is 6.92 Å². The third-order valence-corrected chi connectivity index (χ3v) is 5.10. The van der Waals surface area contributed by atoms with Crippen molar-refractivity contribution in [3.8, 4) is 0 Å². The minimum Gasteiger partial charge on any atom is -0.430 e. The molecule has 4 atom stereocenters. The van der Waals surface area contributed by atoms with Crippen molar-refractivity contribution >= 4 is 22.4 Å². The highest BCUT2D eigenvalue weighted by Gasteiger charge is 2.61. The van der Waals surface area contributed by atoms with E-state index in [-0.39, 0.29) is 19.0 Å². The first-order valence-electron chi connectivity index (χ1n) is 5.90. The Labute approximate surface area is 114 Å². The van der Waals surface area contributed by atoms with E-state index in [0.29, 0.717) is 0 Å². The molecule has 4 unspecified atom stereocenters. The Morgan fingerprint density at radius 2 is 1.75 bits per heavy atom. The smallest absolute Gasteiger partial charge is 0.430 e. The molecule has 3 saturated heterocycles. The maximum absolute atomic E-state index is 11.7. The SMILES string of the molecule is CC1(C2COC(=O)O2)OS(=O)(=O)CC1C1COC(=O)O1. The molecule has 0 radical (unpaired) electrons. The van der Waals surface area contributed by atoms with Crippen LogP contribution in [0.5, 0.6) is 0 Å². The molecule has 0 aromatic heterocycles. The van der Waals surface area contributed by atoms with Crippen LogP contribution in [-0.2, 0) is 33.2 Å². The number of hydrogen-bond acceptors (Lipinski definition) is 9. The third kappa shape index (κ3) is 2.08. The summed E-state index contributed by atoms with van der Waals surface area (Å²) in [7, 11) is -3.81. The Bertz CT molecular complexity index is 555. The van der Waals surface area contributed by atoms with Gasteiger partial charge < -0.3 is 18.9 Å². The van der Waals surface area contributed by atoms with Gasteiger partial charge in [0.15, 0.2) is 6.10 Å². The van der Waals surface area contributed by atoms with Crippen molar-refractivity contribution in [1.82, 2.24) is 0 Å². The van der Waals surface area contributed by atoms with E-state index in [1.807, 2.05) is 0 Å². The van der Waals surface area contributed by atoms with Crippen molar-refractivity contribution in [2.24, 2.45) is 5.92 Å². The predicted molar refractivity (Wildman–Crippen MR) is 59.2 cm³/mol. The number of carbonyl (C=O) groups excluding carboxylic acids is 2. The van der Waals surface area contributed by atoms with Gasteiger partial charge >= 0.3 is 12.3 Å². The van der Waals surface area contributed by atoms with Crippen LogP contribution in [0.1, 0.15) is 6.92 Å². The van der Waals surface area contributed by atoms with Crippen LogP contribution in [-0.4, -0.2) is 57.5 Å². The molecule has 3 rings (SSSR count). The zero-order chi connectivity index (χ0) is 14.5. The minimum absolute atomic E-state index is 0.0699. The summed E-state index contributed by atoms with van der Waals surface area (Å²) in [5.74, 6) is -1.06. The van der Waals surface area contributed by atoms with E-state index in [0.717, 1.165) is 0 Å². The van der Waals surface area contributed by atoms with Gasteiger partial charge in [0.25, 0.3) is 10.1 Å². The molecule has 3 heterocycles. The zero-order valence-corrected chi connectivity index (χ0v) is 11.3. The number of ether oxygens (including phenoxy) is 4. The van der Waals surface area contributed by atoms with Gasteiger partial charge in [-0.3, -0.25) is 4.18 Å². The molecule has 3 aliphatic heterocycles. The highest BCUT2D eigenvalue weighted by atomic mass is 32.2. The molecule has 0 aromatic carbocycles. The Hall–Kier alpha value is -1.55. The van der Waals surface area contributed by atoms with Crippen LogP contribution in [0.4, 0.5) is 9.59 Å². The Morgan fingerprint density at radius 3 is 2.30 bits per heavy atom. The Kier molecular flexibility index (Phi) is 2.83. The molecule has 3 aliphatic rings. The maximum Gasteiger partial charge on any atom is 0.508 e. The van der Waals surface area contributed by atoms with Crippen LogP contribution in [0.2, 0.25) is 0 Å². The first kappa shape index (κ1) is 13.4. The quantitative estimate of drug-likeness (QED) is 0.505. The average molecular weight is 308 g/mol. The molecule has 112 valence electrons. The molecule has 0 aliphatic carbocycles. The summed E-state index contributed by atoms with van der Waals surface area (Å²) < 4.78 is 47.8. The number of rotatable bonds is 2. The van der Waals surface area contributed by atoms with Gasteiger partial charge in [-0.2, -0.15) is 8.42 Å². The summed E-state index contributed by atoms with van der Waals surface area (Å²) in [5, 5.41) is 0. The predicted octanol–water partition coefficient (Wildman–Crippen LogP) is -0.208. The monoisotopic (exact) mass is 308 g/mol. The van der Waals surface area contributed by atoms with Crippen molar-refractivity contribution in [2.45, 2.75) is 24.7 Å². The summed E-state index contributed by atoms with van der Waals surface area (Å²) in [6.07, 6.45) is -3.41. The van der Waals surface area contributed by atoms with Crippen molar-refractivity contribution < 1.29 is 41.1 Å². The van der Waals surface area contributed by atoms with E-state index in [4.69, 9.17) is 13.7 Å². The van der Waals surface area contributed by atoms with Crippen LogP contribution in [0.25, 0.3) is 0 Å². The summed E-state index contributed by atoms with van der Waals surface area (Å²) in [4.78, 5) is 22.0. The Morgan fingerprint density at radius 1 is 1.10 bits per heavy atom. The van der Waals surface area contributed by atoms with Crippen molar-refractivity contribution in [3.63, 3.8) is 0 Å². The number of carbonyl (C=O) groups is 2. The summed E-state index contributed by atoms with van der Waals surface area (Å²) in [6.45, 7) is 1.30. The van der Waals surface area contributed by atoms with Gasteiger partial charge in [-0.25, -0.2) is 9.59 Å². The molecule has 20 heavy (non-hydrogen) atoms. The fourth-order valence-electron chi connectivity index (χ4n) is 2.67. The van der Waals surface area contributed by atoms with Gasteiger partial charge in [0, 0.05) is 5.92 Å². The summed E-state index contributed by atoms with van der Waals surface area (Å²) in [5.41, 5.74) is -1.36. The normalized spacial score (nSPS) is 42.8. The molecule has 0 N–H and O–H groups in total. The topological polar surface area (TPSA) is 114 Å². The summed E-state index contributed by atoms with van der Waals surface area (Å²) >= 11 is 0. The highest BCUT2D eigenvalue weighted by Crippen LogP contribution is 2.42. The van der Waals surface area contributed by atoms with E-state index in [9.17, 15) is 18.0 Å². The van der Waals surface area contributed by atoms with Gasteiger partial charge in [0.1, 0.15) is 24.9 Å². The van der Waals surface area contributed by atoms with Crippen LogP contribution < -0.4 is 0 Å². The molecule has 0 saturated carbocycles. The van der Waals surface area contributed by atoms with Gasteiger partial charge in [0.2, 0.25) is 0 Å². The van der Waals surface area contributed by atoms with Crippen molar-refractivity contribution in [3.05, 3.63) is 0 Å². The number of hydrogen-bond donors (Lipinski definition) is 0. The zero-order valence-electron chi connectivity index (χ0n) is 10.4. The second-order valence-electron chi connectivity index (χ2n) is 4.98. The minimum atomic E-state index is -3.81. The van der Waals surface area contributed by atoms with E-state index < -0.39 is 46.2 Å². The largest absolute Gasteiger partial charge is 0.508 e. The van der Waals surface area contributed by atoms with Crippen LogP contribution in [0.15, 0.2) is 0 Å². The fraction of sp³-hybridized carbons (Fsp3) is 0.800. The van der Waals surface area contributed by atoms with Crippen molar-refractivity contribution in [1.29, 1.82) is 0 Å². The first-order chi connectivity index (χ1) is 9.30. The van der Waals surface area contributed by atoms with E-state index in [1.165, 1.54) is 6.92 Å². The lowest BCUT2D eigenvalue weighted by atomic mass is 9.82. The molecule has 0 spiro atoms. The lowest BCUT2D eigenvalue weighted by molar-refractivity contribution is -0.0684. The maximum atomic E-state index is 11.7. The van der Waals surface area contributed by atoms with Crippen LogP contribution >= 0.6 is 0 Å². The third-order valence-electron chi connectivity index (χ3n) is 3.72. The van der Waals surface area contributed by atoms with Gasteiger partial charge in [-0.1, -0.05) is 0 Å². The molecule has 0 amide bonds. The molecule has 3 fully saturated rings. The van der Waals surface area contributed by atoms with Gasteiger partial charge in [-0.15, -0.1) is 0 Å². The lowest BCUT2D eigenvalue weighted by Gasteiger charge is -2.32. The van der Waals surface area contributed by atoms with E-state index >= 15 is 0 Å². The second kappa shape index (κ2) is 4.22. The average Bonchev–Trinajstić information content (AvgIpc) is 2.99. The van der Waals surface area contributed by atoms with E-state index in [1.54, 1.807) is 0 Å². The summed E-state index contributed by atoms with van der Waals surface area (Å²) in [6, 6.07) is 0.